The molecule has 0 heterocycles. The lowest BCUT2D eigenvalue weighted by atomic mass is 9.70. The van der Waals surface area contributed by atoms with Gasteiger partial charge in [0.2, 0.25) is 0 Å². The van der Waals surface area contributed by atoms with Gasteiger partial charge in [-0.25, -0.2) is 0 Å². The first kappa shape index (κ1) is 62.7. The minimum atomic E-state index is 0.0388. The van der Waals surface area contributed by atoms with Crippen molar-refractivity contribution >= 4 is 0 Å². The van der Waals surface area contributed by atoms with Gasteiger partial charge in [-0.15, -0.1) is 0 Å². The number of hydrogen-bond acceptors (Lipinski definition) is 0. The third-order valence-electron chi connectivity index (χ3n) is 21.2. The molecule has 0 atom stereocenters. The van der Waals surface area contributed by atoms with E-state index >= 15 is 0 Å². The molecule has 462 valence electrons. The molecular formula is C93H90. The lowest BCUT2D eigenvalue weighted by molar-refractivity contribution is 0.414. The second-order valence-electron chi connectivity index (χ2n) is 27.1. The van der Waals surface area contributed by atoms with E-state index < -0.39 is 0 Å². The van der Waals surface area contributed by atoms with E-state index in [0.717, 1.165) is 66.8 Å². The first-order valence-electron chi connectivity index (χ1n) is 35.5. The average Bonchev–Trinajstić information content (AvgIpc) is 1.59. The summed E-state index contributed by atoms with van der Waals surface area (Å²) >= 11 is 0. The van der Waals surface area contributed by atoms with Crippen LogP contribution in [-0.4, -0.2) is 0 Å². The Morgan fingerprint density at radius 3 is 0.667 bits per heavy atom. The van der Waals surface area contributed by atoms with Crippen molar-refractivity contribution < 1.29 is 0 Å². The van der Waals surface area contributed by atoms with Crippen LogP contribution in [0.1, 0.15) is 224 Å². The van der Waals surface area contributed by atoms with Gasteiger partial charge in [0, 0.05) is 49.6 Å². The normalized spacial score (nSPS) is 13.6. The topological polar surface area (TPSA) is 0 Å². The van der Waals surface area contributed by atoms with Crippen molar-refractivity contribution in [1.29, 1.82) is 0 Å². The number of benzene rings is 10. The van der Waals surface area contributed by atoms with Crippen LogP contribution in [0.15, 0.2) is 218 Å². The fourth-order valence-corrected chi connectivity index (χ4v) is 16.3. The number of fused-ring (bicyclic) bond motifs is 9. The lowest BCUT2D eigenvalue weighted by Crippen LogP contribution is -2.25. The van der Waals surface area contributed by atoms with Crippen LogP contribution in [-0.2, 0) is 16.2 Å². The zero-order valence-electron chi connectivity index (χ0n) is 56.0. The van der Waals surface area contributed by atoms with Crippen LogP contribution in [0, 0.1) is 35.5 Å². The SMILES string of the molecule is CCCCC1(CCCC)c2ccccc2-c2ccc(C#Cc3ccc(-c4cc(-c5ccc(C#Cc6ccc7c(c6)C(CCCC)(CCCC)c6ccccc6-7)cc5)cc(-c5ccc(C#Cc6ccc7c(c6)C(CCCC)(CCCC)c6ccccc6-7)cc5)c4)cc3)cc21. The Bertz CT molecular complexity index is 4020. The molecule has 10 aromatic rings. The lowest BCUT2D eigenvalue weighted by Gasteiger charge is -2.32. The Labute approximate surface area is 557 Å². The molecule has 0 bridgehead atoms. The largest absolute Gasteiger partial charge is 0.0654 e. The number of hydrogen-bond donors (Lipinski definition) is 0. The van der Waals surface area contributed by atoms with Crippen LogP contribution in [0.3, 0.4) is 0 Å². The summed E-state index contributed by atoms with van der Waals surface area (Å²) in [6.45, 7) is 13.9. The summed E-state index contributed by atoms with van der Waals surface area (Å²) in [6.07, 6.45) is 21.5. The molecule has 0 fully saturated rings. The van der Waals surface area contributed by atoms with Gasteiger partial charge in [-0.1, -0.05) is 282 Å². The number of unbranched alkanes of at least 4 members (excludes halogenated alkanes) is 6. The first-order valence-corrected chi connectivity index (χ1v) is 35.5. The van der Waals surface area contributed by atoms with Crippen molar-refractivity contribution in [2.45, 2.75) is 173 Å². The van der Waals surface area contributed by atoms with E-state index in [4.69, 9.17) is 0 Å². The van der Waals surface area contributed by atoms with Gasteiger partial charge in [0.25, 0.3) is 0 Å². The first-order chi connectivity index (χ1) is 45.7. The van der Waals surface area contributed by atoms with Gasteiger partial charge in [-0.05, 0) is 230 Å². The van der Waals surface area contributed by atoms with Crippen LogP contribution >= 0.6 is 0 Å². The molecule has 93 heavy (non-hydrogen) atoms. The molecular weight excluding hydrogens is 1120 g/mol. The van der Waals surface area contributed by atoms with Crippen LogP contribution in [0.2, 0.25) is 0 Å². The molecule has 0 nitrogen and oxygen atoms in total. The van der Waals surface area contributed by atoms with Crippen molar-refractivity contribution in [1.82, 2.24) is 0 Å². The molecule has 0 saturated carbocycles. The molecule has 3 aliphatic rings. The van der Waals surface area contributed by atoms with Gasteiger partial charge in [0.15, 0.2) is 0 Å². The monoisotopic (exact) mass is 1210 g/mol. The molecule has 0 saturated heterocycles. The van der Waals surface area contributed by atoms with Crippen molar-refractivity contribution in [3.8, 4) is 102 Å². The van der Waals surface area contributed by atoms with E-state index in [1.54, 1.807) is 0 Å². The van der Waals surface area contributed by atoms with Gasteiger partial charge in [0.05, 0.1) is 0 Å². The van der Waals surface area contributed by atoms with Gasteiger partial charge < -0.3 is 0 Å². The van der Waals surface area contributed by atoms with E-state index in [2.05, 4.69) is 295 Å². The quantitative estimate of drug-likeness (QED) is 0.0629. The fraction of sp³-hybridized carbons (Fsp3) is 0.290. The van der Waals surface area contributed by atoms with Crippen molar-refractivity contribution in [2.75, 3.05) is 0 Å². The van der Waals surface area contributed by atoms with Crippen molar-refractivity contribution in [3.63, 3.8) is 0 Å². The molecule has 0 amide bonds. The summed E-state index contributed by atoms with van der Waals surface area (Å²) in [7, 11) is 0. The molecule has 0 heteroatoms. The molecule has 0 spiro atoms. The summed E-state index contributed by atoms with van der Waals surface area (Å²) < 4.78 is 0. The van der Waals surface area contributed by atoms with E-state index in [-0.39, 0.29) is 16.2 Å². The summed E-state index contributed by atoms with van der Waals surface area (Å²) in [5.41, 5.74) is 30.6. The van der Waals surface area contributed by atoms with Gasteiger partial charge in [0.1, 0.15) is 0 Å². The molecule has 0 aromatic heterocycles. The van der Waals surface area contributed by atoms with E-state index in [0.29, 0.717) is 0 Å². The standard InChI is InChI=1S/C93H90/c1-7-13-55-91(56-14-8-2)85-28-22-19-25-79(85)82-52-43-70(61-88(82)91)34-31-67-37-46-73(47-38-67)76-64-77(74-48-39-68(40-49-74)32-35-71-44-53-83-80-26-20-23-29-86(80)92(57-15-9-3,58-16-10-4)89(83)62-71)66-78(65-76)75-50-41-69(42-51-75)33-36-72-45-54-84-81-27-21-24-30-87(81)93(59-17-11-5,60-18-12-6)90(84)63-72/h19-30,37-54,61-66H,7-18,55-60H2,1-6H3. The summed E-state index contributed by atoms with van der Waals surface area (Å²) in [6, 6.07) is 82.1. The predicted molar refractivity (Wildman–Crippen MR) is 396 cm³/mol. The molecule has 3 aliphatic carbocycles. The maximum absolute atomic E-state index is 3.62. The second-order valence-corrected chi connectivity index (χ2v) is 27.1. The Balaban J connectivity index is 0.811. The predicted octanol–water partition coefficient (Wildman–Crippen LogP) is 24.8. The highest BCUT2D eigenvalue weighted by Gasteiger charge is 2.44. The third-order valence-corrected chi connectivity index (χ3v) is 21.2. The molecule has 0 aliphatic heterocycles. The van der Waals surface area contributed by atoms with E-state index in [9.17, 15) is 0 Å². The number of rotatable bonds is 21. The third kappa shape index (κ3) is 12.3. The van der Waals surface area contributed by atoms with Gasteiger partial charge in [-0.2, -0.15) is 0 Å². The smallest absolute Gasteiger partial charge is 0.0252 e. The second kappa shape index (κ2) is 28.0. The summed E-state index contributed by atoms with van der Waals surface area (Å²) in [5, 5.41) is 0. The Morgan fingerprint density at radius 2 is 0.419 bits per heavy atom. The highest BCUT2D eigenvalue weighted by Crippen LogP contribution is 2.57. The van der Waals surface area contributed by atoms with E-state index in [1.807, 2.05) is 0 Å². The van der Waals surface area contributed by atoms with Gasteiger partial charge in [-0.3, -0.25) is 0 Å². The summed E-state index contributed by atoms with van der Waals surface area (Å²) in [4.78, 5) is 0. The highest BCUT2D eigenvalue weighted by atomic mass is 14.5. The Hall–Kier alpha value is -9.12. The van der Waals surface area contributed by atoms with Crippen molar-refractivity contribution in [2.24, 2.45) is 0 Å². The maximum Gasteiger partial charge on any atom is 0.0252 e. The fourth-order valence-electron chi connectivity index (χ4n) is 16.3. The van der Waals surface area contributed by atoms with Crippen LogP contribution in [0.25, 0.3) is 66.8 Å². The molecule has 10 aromatic carbocycles. The molecule has 0 unspecified atom stereocenters. The zero-order chi connectivity index (χ0) is 63.8. The van der Waals surface area contributed by atoms with Crippen molar-refractivity contribution in [3.05, 3.63) is 285 Å². The summed E-state index contributed by atoms with van der Waals surface area (Å²) in [5.74, 6) is 21.6. The van der Waals surface area contributed by atoms with Gasteiger partial charge >= 0.3 is 0 Å². The molecule has 13 rings (SSSR count). The Morgan fingerprint density at radius 1 is 0.204 bits per heavy atom. The highest BCUT2D eigenvalue weighted by molar-refractivity contribution is 5.86. The van der Waals surface area contributed by atoms with Crippen LogP contribution in [0.5, 0.6) is 0 Å². The zero-order valence-corrected chi connectivity index (χ0v) is 56.0. The molecule has 0 N–H and O–H groups in total. The maximum atomic E-state index is 3.62. The average molecular weight is 1210 g/mol. The van der Waals surface area contributed by atoms with E-state index in [1.165, 1.54) is 182 Å². The van der Waals surface area contributed by atoms with Crippen LogP contribution in [0.4, 0.5) is 0 Å². The molecule has 0 radical (unpaired) electrons. The Kier molecular flexibility index (Phi) is 18.9. The minimum absolute atomic E-state index is 0.0388. The van der Waals surface area contributed by atoms with Crippen LogP contribution < -0.4 is 0 Å². The minimum Gasteiger partial charge on any atom is -0.0654 e.